The van der Waals surface area contributed by atoms with E-state index < -0.39 is 12.0 Å². The Kier molecular flexibility index (Phi) is 4.34. The molecule has 0 fully saturated rings. The average molecular weight is 291 g/mol. The number of urea groups is 1. The van der Waals surface area contributed by atoms with Gasteiger partial charge < -0.3 is 15.2 Å². The van der Waals surface area contributed by atoms with Crippen LogP contribution in [0.25, 0.3) is 0 Å². The second kappa shape index (κ2) is 6.37. The Balaban J connectivity index is 1.94. The van der Waals surface area contributed by atoms with Crippen molar-refractivity contribution in [3.63, 3.8) is 0 Å². The second-order valence-electron chi connectivity index (χ2n) is 3.97. The van der Waals surface area contributed by atoms with Crippen molar-refractivity contribution in [2.24, 2.45) is 0 Å². The van der Waals surface area contributed by atoms with Crippen LogP contribution in [0.4, 0.5) is 16.3 Å². The number of nitrogens with zero attached hydrogens (tertiary/aromatic N) is 3. The first-order valence-corrected chi connectivity index (χ1v) is 5.91. The monoisotopic (exact) mass is 291 g/mol. The van der Waals surface area contributed by atoms with E-state index in [2.05, 4.69) is 20.8 Å². The lowest BCUT2D eigenvalue weighted by molar-refractivity contribution is -0.138. The molecule has 2 amide bonds. The highest BCUT2D eigenvalue weighted by Crippen LogP contribution is 2.16. The Morgan fingerprint density at radius 1 is 1.38 bits per heavy atom. The van der Waals surface area contributed by atoms with Gasteiger partial charge in [0.05, 0.1) is 13.3 Å². The van der Waals surface area contributed by atoms with Gasteiger partial charge in [0.2, 0.25) is 0 Å². The van der Waals surface area contributed by atoms with Crippen LogP contribution in [0, 0.1) is 0 Å². The number of carboxylic acid groups (broad SMARTS) is 1. The molecule has 1 heterocycles. The zero-order chi connectivity index (χ0) is 15.2. The maximum absolute atomic E-state index is 11.8. The van der Waals surface area contributed by atoms with Crippen molar-refractivity contribution in [2.45, 2.75) is 6.54 Å². The van der Waals surface area contributed by atoms with Gasteiger partial charge in [-0.3, -0.25) is 10.1 Å². The number of anilines is 2. The van der Waals surface area contributed by atoms with Gasteiger partial charge in [-0.25, -0.2) is 4.79 Å². The van der Waals surface area contributed by atoms with Crippen molar-refractivity contribution in [1.82, 2.24) is 15.0 Å². The van der Waals surface area contributed by atoms with Crippen LogP contribution in [-0.2, 0) is 11.3 Å². The second-order valence-corrected chi connectivity index (χ2v) is 3.97. The molecule has 0 atom stereocenters. The van der Waals surface area contributed by atoms with Crippen molar-refractivity contribution in [3.8, 4) is 5.75 Å². The van der Waals surface area contributed by atoms with E-state index in [1.165, 1.54) is 13.3 Å². The summed E-state index contributed by atoms with van der Waals surface area (Å²) in [6, 6.07) is 6.31. The van der Waals surface area contributed by atoms with E-state index in [4.69, 9.17) is 9.84 Å². The molecule has 0 saturated carbocycles. The first-order valence-electron chi connectivity index (χ1n) is 5.91. The normalized spacial score (nSPS) is 9.95. The molecular formula is C12H13N5O4. The molecule has 110 valence electrons. The molecule has 1 aromatic carbocycles. The predicted octanol–water partition coefficient (Wildman–Crippen LogP) is 1.02. The molecule has 2 aromatic rings. The summed E-state index contributed by atoms with van der Waals surface area (Å²) in [5.74, 6) is -0.310. The molecule has 2 rings (SSSR count). The van der Waals surface area contributed by atoms with Crippen molar-refractivity contribution in [2.75, 3.05) is 17.7 Å². The summed E-state index contributed by atoms with van der Waals surface area (Å²) < 4.78 is 5.04. The van der Waals surface area contributed by atoms with E-state index in [1.54, 1.807) is 24.3 Å². The van der Waals surface area contributed by atoms with Gasteiger partial charge >= 0.3 is 12.0 Å². The number of carbonyl (C=O) groups excluding carboxylic acids is 1. The van der Waals surface area contributed by atoms with Gasteiger partial charge in [-0.1, -0.05) is 6.07 Å². The van der Waals surface area contributed by atoms with Crippen molar-refractivity contribution in [3.05, 3.63) is 30.5 Å². The number of carboxylic acids is 1. The molecule has 0 aliphatic heterocycles. The fourth-order valence-corrected chi connectivity index (χ4v) is 1.53. The predicted molar refractivity (Wildman–Crippen MR) is 73.3 cm³/mol. The van der Waals surface area contributed by atoms with Crippen LogP contribution in [-0.4, -0.2) is 39.2 Å². The number of hydrogen-bond donors (Lipinski definition) is 3. The number of methoxy groups -OCH3 is 1. The molecule has 0 aliphatic rings. The van der Waals surface area contributed by atoms with E-state index in [9.17, 15) is 9.59 Å². The summed E-state index contributed by atoms with van der Waals surface area (Å²) in [6.45, 7) is -0.376. The molecule has 0 radical (unpaired) electrons. The summed E-state index contributed by atoms with van der Waals surface area (Å²) in [4.78, 5) is 23.2. The number of nitrogens with one attached hydrogen (secondary N) is 2. The van der Waals surface area contributed by atoms with Crippen LogP contribution in [0.2, 0.25) is 0 Å². The summed E-state index contributed by atoms with van der Waals surface area (Å²) >= 11 is 0. The number of aromatic nitrogens is 3. The van der Waals surface area contributed by atoms with E-state index in [-0.39, 0.29) is 12.4 Å². The number of carbonyl (C=O) groups is 2. The highest BCUT2D eigenvalue weighted by molar-refractivity contribution is 5.99. The fourth-order valence-electron chi connectivity index (χ4n) is 1.53. The number of hydrogen-bond acceptors (Lipinski definition) is 5. The summed E-state index contributed by atoms with van der Waals surface area (Å²) in [6.07, 6.45) is 1.26. The minimum absolute atomic E-state index is 0.150. The standard InChI is InChI=1S/C12H13N5O4/c1-21-9-4-2-3-8(5-9)14-12(20)15-10-6-13-17(16-10)7-11(18)19/h2-6H,7H2,1H3,(H,18,19)(H2,14,15,16,20). The SMILES string of the molecule is COc1cccc(NC(=O)Nc2cnn(CC(=O)O)n2)c1. The number of aliphatic carboxylic acids is 1. The number of benzene rings is 1. The molecule has 9 heteroatoms. The molecule has 3 N–H and O–H groups in total. The number of rotatable bonds is 5. The zero-order valence-electron chi connectivity index (χ0n) is 11.1. The van der Waals surface area contributed by atoms with Crippen LogP contribution in [0.15, 0.2) is 30.5 Å². The number of ether oxygens (including phenoxy) is 1. The van der Waals surface area contributed by atoms with E-state index in [0.29, 0.717) is 11.4 Å². The lowest BCUT2D eigenvalue weighted by Crippen LogP contribution is -2.20. The van der Waals surface area contributed by atoms with Gasteiger partial charge in [0.15, 0.2) is 12.4 Å². The first-order chi connectivity index (χ1) is 10.1. The van der Waals surface area contributed by atoms with E-state index in [0.717, 1.165) is 4.80 Å². The molecular weight excluding hydrogens is 278 g/mol. The van der Waals surface area contributed by atoms with Crippen molar-refractivity contribution in [1.29, 1.82) is 0 Å². The Morgan fingerprint density at radius 2 is 2.19 bits per heavy atom. The lowest BCUT2D eigenvalue weighted by atomic mass is 10.3. The van der Waals surface area contributed by atoms with Gasteiger partial charge in [-0.2, -0.15) is 9.90 Å². The van der Waals surface area contributed by atoms with Crippen LogP contribution >= 0.6 is 0 Å². The average Bonchev–Trinajstić information content (AvgIpc) is 2.85. The Morgan fingerprint density at radius 3 is 2.90 bits per heavy atom. The van der Waals surface area contributed by atoms with Gasteiger partial charge in [0, 0.05) is 11.8 Å². The summed E-state index contributed by atoms with van der Waals surface area (Å²) in [5, 5.41) is 21.1. The van der Waals surface area contributed by atoms with Crippen LogP contribution in [0.5, 0.6) is 5.75 Å². The Bertz CT molecular complexity index is 655. The highest BCUT2D eigenvalue weighted by atomic mass is 16.5. The minimum Gasteiger partial charge on any atom is -0.497 e. The topological polar surface area (TPSA) is 118 Å². The smallest absolute Gasteiger partial charge is 0.327 e. The molecule has 0 unspecified atom stereocenters. The molecule has 1 aromatic heterocycles. The minimum atomic E-state index is -1.07. The molecule has 0 saturated heterocycles. The Hall–Kier alpha value is -3.10. The lowest BCUT2D eigenvalue weighted by Gasteiger charge is -2.06. The maximum atomic E-state index is 11.8. The van der Waals surface area contributed by atoms with Crippen LogP contribution < -0.4 is 15.4 Å². The van der Waals surface area contributed by atoms with Crippen molar-refractivity contribution >= 4 is 23.5 Å². The highest BCUT2D eigenvalue weighted by Gasteiger charge is 2.08. The largest absolute Gasteiger partial charge is 0.497 e. The van der Waals surface area contributed by atoms with Gasteiger partial charge in [-0.05, 0) is 12.1 Å². The molecule has 0 aliphatic carbocycles. The molecule has 9 nitrogen and oxygen atoms in total. The van der Waals surface area contributed by atoms with Gasteiger partial charge in [0.25, 0.3) is 0 Å². The third-order valence-electron chi connectivity index (χ3n) is 2.38. The van der Waals surface area contributed by atoms with Crippen molar-refractivity contribution < 1.29 is 19.4 Å². The summed E-state index contributed by atoms with van der Waals surface area (Å²) in [5.41, 5.74) is 0.546. The first kappa shape index (κ1) is 14.3. The summed E-state index contributed by atoms with van der Waals surface area (Å²) in [7, 11) is 1.53. The molecule has 21 heavy (non-hydrogen) atoms. The third kappa shape index (κ3) is 4.20. The van der Waals surface area contributed by atoms with Gasteiger partial charge in [-0.15, -0.1) is 5.10 Å². The molecule has 0 spiro atoms. The fraction of sp³-hybridized carbons (Fsp3) is 0.167. The number of amides is 2. The Labute approximate surface area is 119 Å². The van der Waals surface area contributed by atoms with E-state index >= 15 is 0 Å². The van der Waals surface area contributed by atoms with Crippen LogP contribution in [0.3, 0.4) is 0 Å². The van der Waals surface area contributed by atoms with E-state index in [1.807, 2.05) is 0 Å². The van der Waals surface area contributed by atoms with Gasteiger partial charge in [0.1, 0.15) is 5.75 Å². The third-order valence-corrected chi connectivity index (χ3v) is 2.38. The van der Waals surface area contributed by atoms with Crippen LogP contribution in [0.1, 0.15) is 0 Å². The maximum Gasteiger partial charge on any atom is 0.327 e. The molecule has 0 bridgehead atoms. The zero-order valence-corrected chi connectivity index (χ0v) is 11.1. The quantitative estimate of drug-likeness (QED) is 0.756.